The van der Waals surface area contributed by atoms with E-state index in [1.54, 1.807) is 5.41 Å². The largest absolute Gasteiger partial charge is 0.398 e. The van der Waals surface area contributed by atoms with Crippen LogP contribution in [0.4, 0.5) is 0 Å². The number of aryl methyl sites for hydroxylation is 1. The van der Waals surface area contributed by atoms with Gasteiger partial charge in [-0.2, -0.15) is 0 Å². The van der Waals surface area contributed by atoms with E-state index in [1.807, 2.05) is 45.0 Å². The molecule has 1 nitrogen and oxygen atoms in total. The van der Waals surface area contributed by atoms with Crippen LogP contribution >= 0.6 is 12.6 Å². The van der Waals surface area contributed by atoms with E-state index in [0.717, 1.165) is 5.56 Å². The van der Waals surface area contributed by atoms with E-state index in [-0.39, 0.29) is 0 Å². The van der Waals surface area contributed by atoms with E-state index in [9.17, 15) is 0 Å². The van der Waals surface area contributed by atoms with Gasteiger partial charge in [0, 0.05) is 5.70 Å². The van der Waals surface area contributed by atoms with Crippen molar-refractivity contribution in [3.8, 4) is 0 Å². The van der Waals surface area contributed by atoms with E-state index in [4.69, 9.17) is 5.73 Å². The molecule has 82 valence electrons. The molecule has 0 bridgehead atoms. The van der Waals surface area contributed by atoms with Crippen molar-refractivity contribution >= 4 is 18.3 Å². The van der Waals surface area contributed by atoms with E-state index >= 15 is 0 Å². The Bertz CT molecular complexity index is 332. The summed E-state index contributed by atoms with van der Waals surface area (Å²) in [6.07, 6.45) is 0. The normalized spacial score (nSPS) is 10.3. The van der Waals surface area contributed by atoms with Gasteiger partial charge < -0.3 is 5.73 Å². The molecule has 0 unspecified atom stereocenters. The lowest BCUT2D eigenvalue weighted by Gasteiger charge is -1.99. The van der Waals surface area contributed by atoms with Crippen LogP contribution in [0.1, 0.15) is 25.0 Å². The maximum Gasteiger partial charge on any atom is 0.0449 e. The first-order valence-electron chi connectivity index (χ1n) is 4.76. The molecule has 0 spiro atoms. The summed E-state index contributed by atoms with van der Waals surface area (Å²) in [6, 6.07) is 8.02. The number of nitrogens with two attached hydrogens (primary N) is 1. The zero-order chi connectivity index (χ0) is 11.8. The van der Waals surface area contributed by atoms with Gasteiger partial charge in [-0.3, -0.25) is 0 Å². The zero-order valence-electron chi connectivity index (χ0n) is 9.62. The van der Waals surface area contributed by atoms with Crippen molar-refractivity contribution in [1.82, 2.24) is 0 Å². The minimum Gasteiger partial charge on any atom is -0.398 e. The zero-order valence-corrected chi connectivity index (χ0v) is 10.5. The quantitative estimate of drug-likeness (QED) is 0.548. The molecule has 0 saturated heterocycles. The van der Waals surface area contributed by atoms with Gasteiger partial charge in [-0.1, -0.05) is 35.4 Å². The van der Waals surface area contributed by atoms with Gasteiger partial charge >= 0.3 is 0 Å². The Labute approximate surface area is 98.1 Å². The fourth-order valence-corrected chi connectivity index (χ4v) is 0.970. The van der Waals surface area contributed by atoms with E-state index in [2.05, 4.69) is 19.2 Å². The fourth-order valence-electron chi connectivity index (χ4n) is 0.821. The molecule has 1 aromatic rings. The third-order valence-electron chi connectivity index (χ3n) is 1.52. The van der Waals surface area contributed by atoms with Crippen LogP contribution in [0, 0.1) is 6.92 Å². The number of hydrogen-bond acceptors (Lipinski definition) is 2. The van der Waals surface area contributed by atoms with Crippen molar-refractivity contribution in [3.63, 3.8) is 0 Å². The second-order valence-electron chi connectivity index (χ2n) is 3.66. The Morgan fingerprint density at radius 1 is 1.27 bits per heavy atom. The van der Waals surface area contributed by atoms with E-state index in [0.29, 0.717) is 5.70 Å². The molecule has 0 aliphatic heterocycles. The topological polar surface area (TPSA) is 26.0 Å². The third kappa shape index (κ3) is 6.86. The second-order valence-corrected chi connectivity index (χ2v) is 3.92. The molecule has 2 N–H and O–H groups in total. The van der Waals surface area contributed by atoms with Gasteiger partial charge in [0.2, 0.25) is 0 Å². The molecule has 1 rings (SSSR count). The van der Waals surface area contributed by atoms with Crippen LogP contribution in [-0.4, -0.2) is 0 Å². The first kappa shape index (κ1) is 13.8. The van der Waals surface area contributed by atoms with Gasteiger partial charge in [0.25, 0.3) is 0 Å². The molecule has 0 aromatic heterocycles. The molecule has 0 radical (unpaired) electrons. The van der Waals surface area contributed by atoms with Crippen LogP contribution < -0.4 is 5.73 Å². The summed E-state index contributed by atoms with van der Waals surface area (Å²) in [5, 5.41) is 1.60. The van der Waals surface area contributed by atoms with E-state index < -0.39 is 0 Å². The van der Waals surface area contributed by atoms with Crippen LogP contribution in [0.2, 0.25) is 0 Å². The summed E-state index contributed by atoms with van der Waals surface area (Å²) in [4.78, 5) is 0. The average molecular weight is 221 g/mol. The maximum atomic E-state index is 5.63. The molecule has 0 aliphatic rings. The number of hydrogen-bond donors (Lipinski definition) is 2. The molecule has 0 fully saturated rings. The fraction of sp³-hybridized carbons (Fsp3) is 0.231. The summed E-state index contributed by atoms with van der Waals surface area (Å²) in [5.41, 5.74) is 9.75. The molecule has 0 atom stereocenters. The van der Waals surface area contributed by atoms with Gasteiger partial charge in [0.1, 0.15) is 0 Å². The molecule has 2 heteroatoms. The molecule has 0 saturated carbocycles. The highest BCUT2D eigenvalue weighted by molar-refractivity contribution is 7.83. The molecule has 1 aromatic carbocycles. The van der Waals surface area contributed by atoms with Gasteiger partial charge in [-0.05, 0) is 31.7 Å². The van der Waals surface area contributed by atoms with Crippen molar-refractivity contribution in [2.24, 2.45) is 5.73 Å². The van der Waals surface area contributed by atoms with Gasteiger partial charge in [0.15, 0.2) is 0 Å². The van der Waals surface area contributed by atoms with Crippen LogP contribution in [-0.2, 0) is 0 Å². The molecule has 0 aliphatic carbocycles. The predicted molar refractivity (Wildman–Crippen MR) is 72.8 cm³/mol. The molecular weight excluding hydrogens is 202 g/mol. The average Bonchev–Trinajstić information content (AvgIpc) is 2.17. The minimum absolute atomic E-state index is 0.702. The SMILES string of the molecule is C=C(C)C.Cc1ccc(/C(N)=C/S)cc1. The Kier molecular flexibility index (Phi) is 6.63. The Morgan fingerprint density at radius 2 is 1.67 bits per heavy atom. The molecule has 15 heavy (non-hydrogen) atoms. The lowest BCUT2D eigenvalue weighted by Crippen LogP contribution is -1.94. The van der Waals surface area contributed by atoms with Crippen molar-refractivity contribution in [3.05, 3.63) is 53.0 Å². The second kappa shape index (κ2) is 7.18. The van der Waals surface area contributed by atoms with Crippen LogP contribution in [0.5, 0.6) is 0 Å². The highest BCUT2D eigenvalue weighted by Gasteiger charge is 1.92. The van der Waals surface area contributed by atoms with Crippen LogP contribution in [0.25, 0.3) is 5.70 Å². The summed E-state index contributed by atoms with van der Waals surface area (Å²) >= 11 is 3.97. The van der Waals surface area contributed by atoms with Crippen molar-refractivity contribution in [1.29, 1.82) is 0 Å². The first-order valence-corrected chi connectivity index (χ1v) is 5.28. The van der Waals surface area contributed by atoms with Crippen LogP contribution in [0.15, 0.2) is 41.8 Å². The van der Waals surface area contributed by atoms with Gasteiger partial charge in [-0.15, -0.1) is 19.2 Å². The highest BCUT2D eigenvalue weighted by Crippen LogP contribution is 2.10. The third-order valence-corrected chi connectivity index (χ3v) is 1.80. The summed E-state index contributed by atoms with van der Waals surface area (Å²) in [6.45, 7) is 9.55. The standard InChI is InChI=1S/C9H11NS.C4H8/c1-7-2-4-8(5-3-7)9(10)6-11;1-4(2)3/h2-6,11H,10H2,1H3;1H2,2-3H3/b9-6-;. The molecule has 0 heterocycles. The van der Waals surface area contributed by atoms with E-state index in [1.165, 1.54) is 11.1 Å². The van der Waals surface area contributed by atoms with Gasteiger partial charge in [0.05, 0.1) is 0 Å². The molecular formula is C13H19NS. The number of thiol groups is 1. The monoisotopic (exact) mass is 221 g/mol. The Balaban J connectivity index is 0.000000423. The smallest absolute Gasteiger partial charge is 0.0449 e. The summed E-state index contributed by atoms with van der Waals surface area (Å²) < 4.78 is 0. The summed E-state index contributed by atoms with van der Waals surface area (Å²) in [5.74, 6) is 0. The molecule has 0 amide bonds. The summed E-state index contributed by atoms with van der Waals surface area (Å²) in [7, 11) is 0. The van der Waals surface area contributed by atoms with Crippen molar-refractivity contribution in [2.45, 2.75) is 20.8 Å². The number of rotatable bonds is 1. The van der Waals surface area contributed by atoms with Crippen molar-refractivity contribution in [2.75, 3.05) is 0 Å². The van der Waals surface area contributed by atoms with Crippen molar-refractivity contribution < 1.29 is 0 Å². The van der Waals surface area contributed by atoms with Gasteiger partial charge in [-0.25, -0.2) is 0 Å². The Hall–Kier alpha value is -1.15. The first-order chi connectivity index (χ1) is 6.97. The maximum absolute atomic E-state index is 5.63. The lowest BCUT2D eigenvalue weighted by atomic mass is 10.1. The minimum atomic E-state index is 0.702. The number of benzene rings is 1. The lowest BCUT2D eigenvalue weighted by molar-refractivity contribution is 1.42. The highest BCUT2D eigenvalue weighted by atomic mass is 32.1. The Morgan fingerprint density at radius 3 is 2.00 bits per heavy atom. The number of allylic oxidation sites excluding steroid dienone is 1. The predicted octanol–water partition coefficient (Wildman–Crippen LogP) is 3.76. The van der Waals surface area contributed by atoms with Crippen LogP contribution in [0.3, 0.4) is 0 Å².